The van der Waals surface area contributed by atoms with Gasteiger partial charge in [0.15, 0.2) is 0 Å². The van der Waals surface area contributed by atoms with Gasteiger partial charge in [-0.05, 0) is 37.0 Å². The van der Waals surface area contributed by atoms with Crippen LogP contribution in [0.15, 0.2) is 23.0 Å². The van der Waals surface area contributed by atoms with E-state index in [0.717, 1.165) is 49.1 Å². The summed E-state index contributed by atoms with van der Waals surface area (Å²) in [4.78, 5) is 38.9. The second-order valence-corrected chi connectivity index (χ2v) is 7.71. The van der Waals surface area contributed by atoms with Gasteiger partial charge in [0.2, 0.25) is 11.8 Å². The van der Waals surface area contributed by atoms with Crippen molar-refractivity contribution in [2.24, 2.45) is 7.05 Å². The van der Waals surface area contributed by atoms with Crippen molar-refractivity contribution in [1.29, 1.82) is 0 Å². The Balaban J connectivity index is 1.61. The molecule has 2 aliphatic heterocycles. The fourth-order valence-electron chi connectivity index (χ4n) is 4.30. The Morgan fingerprint density at radius 1 is 1.11 bits per heavy atom. The van der Waals surface area contributed by atoms with Crippen molar-refractivity contribution in [3.63, 3.8) is 0 Å². The molecule has 1 N–H and O–H groups in total. The minimum atomic E-state index is -0.646. The van der Waals surface area contributed by atoms with E-state index in [1.54, 1.807) is 18.7 Å². The van der Waals surface area contributed by atoms with Crippen molar-refractivity contribution in [2.45, 2.75) is 44.4 Å². The molecule has 8 nitrogen and oxygen atoms in total. The molecule has 2 fully saturated rings. The van der Waals surface area contributed by atoms with Crippen LogP contribution >= 0.6 is 0 Å². The molecule has 1 aromatic heterocycles. The molecule has 4 rings (SSSR count). The molecule has 1 unspecified atom stereocenters. The number of fused-ring (bicyclic) bond motifs is 1. The zero-order valence-corrected chi connectivity index (χ0v) is 16.3. The normalized spacial score (nSPS) is 22.0. The van der Waals surface area contributed by atoms with Crippen molar-refractivity contribution in [1.82, 2.24) is 19.4 Å². The van der Waals surface area contributed by atoms with Gasteiger partial charge in [-0.15, -0.1) is 0 Å². The number of hydrogen-bond acceptors (Lipinski definition) is 5. The predicted octanol–water partition coefficient (Wildman–Crippen LogP) is 0.928. The number of hydrogen-bond donors (Lipinski definition) is 1. The lowest BCUT2D eigenvalue weighted by Crippen LogP contribution is -2.44. The number of aryl methyl sites for hydroxylation is 1. The second kappa shape index (κ2) is 7.52. The lowest BCUT2D eigenvalue weighted by atomic mass is 10.1. The van der Waals surface area contributed by atoms with E-state index in [1.165, 1.54) is 4.57 Å². The molecule has 2 aliphatic rings. The number of piperidine rings is 2. The summed E-state index contributed by atoms with van der Waals surface area (Å²) in [6, 6.07) is 5.32. The molecule has 0 spiro atoms. The molecule has 1 atom stereocenters. The number of nitrogens with one attached hydrogen (secondary N) is 1. The highest BCUT2D eigenvalue weighted by Gasteiger charge is 2.31. The minimum Gasteiger partial charge on any atom is -0.381 e. The van der Waals surface area contributed by atoms with Gasteiger partial charge in [-0.25, -0.2) is 4.79 Å². The van der Waals surface area contributed by atoms with Crippen LogP contribution in [0.1, 0.15) is 37.3 Å². The number of nitrogens with zero attached hydrogens (tertiary/aromatic N) is 3. The fraction of sp³-hybridized carbons (Fsp3) is 0.550. The Kier molecular flexibility index (Phi) is 5.07. The van der Waals surface area contributed by atoms with Gasteiger partial charge in [0.1, 0.15) is 6.04 Å². The van der Waals surface area contributed by atoms with Crippen molar-refractivity contribution < 1.29 is 14.3 Å². The number of likely N-dealkylation sites (tertiary alicyclic amines) is 1. The zero-order valence-electron chi connectivity index (χ0n) is 16.3. The Hall–Kier alpha value is -2.45. The van der Waals surface area contributed by atoms with Crippen molar-refractivity contribution >= 4 is 22.8 Å². The van der Waals surface area contributed by atoms with Gasteiger partial charge in [0.25, 0.3) is 0 Å². The molecule has 8 heteroatoms. The van der Waals surface area contributed by atoms with Gasteiger partial charge in [-0.3, -0.25) is 28.9 Å². The monoisotopic (exact) mass is 386 g/mol. The first-order valence-corrected chi connectivity index (χ1v) is 9.76. The summed E-state index contributed by atoms with van der Waals surface area (Å²) in [7, 11) is 3.49. The molecule has 2 aromatic rings. The molecule has 2 saturated heterocycles. The molecule has 1 aromatic carbocycles. The van der Waals surface area contributed by atoms with Crippen molar-refractivity contribution in [3.8, 4) is 0 Å². The van der Waals surface area contributed by atoms with E-state index in [-0.39, 0.29) is 18.0 Å². The molecule has 0 saturated carbocycles. The molecule has 0 bridgehead atoms. The van der Waals surface area contributed by atoms with Gasteiger partial charge in [-0.2, -0.15) is 0 Å². The van der Waals surface area contributed by atoms with Crippen LogP contribution in [0.3, 0.4) is 0 Å². The van der Waals surface area contributed by atoms with Crippen LogP contribution in [0, 0.1) is 0 Å². The molecule has 28 heavy (non-hydrogen) atoms. The predicted molar refractivity (Wildman–Crippen MR) is 104 cm³/mol. The first-order chi connectivity index (χ1) is 13.5. The van der Waals surface area contributed by atoms with E-state index in [9.17, 15) is 14.4 Å². The van der Waals surface area contributed by atoms with Gasteiger partial charge in [-0.1, -0.05) is 6.07 Å². The van der Waals surface area contributed by atoms with Gasteiger partial charge >= 0.3 is 5.69 Å². The molecule has 2 amide bonds. The quantitative estimate of drug-likeness (QED) is 0.790. The third-order valence-corrected chi connectivity index (χ3v) is 5.95. The summed E-state index contributed by atoms with van der Waals surface area (Å²) >= 11 is 0. The first-order valence-electron chi connectivity index (χ1n) is 9.76. The van der Waals surface area contributed by atoms with Crippen LogP contribution in [-0.4, -0.2) is 52.2 Å². The third kappa shape index (κ3) is 3.38. The zero-order chi connectivity index (χ0) is 19.8. The van der Waals surface area contributed by atoms with Crippen LogP contribution in [-0.2, 0) is 27.9 Å². The topological polar surface area (TPSA) is 85.6 Å². The largest absolute Gasteiger partial charge is 0.381 e. The lowest BCUT2D eigenvalue weighted by Gasteiger charge is -2.31. The van der Waals surface area contributed by atoms with E-state index < -0.39 is 11.9 Å². The van der Waals surface area contributed by atoms with E-state index in [2.05, 4.69) is 10.2 Å². The summed E-state index contributed by atoms with van der Waals surface area (Å²) in [5.41, 5.74) is 2.43. The van der Waals surface area contributed by atoms with E-state index in [1.807, 2.05) is 18.2 Å². The highest BCUT2D eigenvalue weighted by molar-refractivity contribution is 6.00. The summed E-state index contributed by atoms with van der Waals surface area (Å²) in [6.07, 6.45) is 3.00. The van der Waals surface area contributed by atoms with Crippen LogP contribution < -0.4 is 11.0 Å². The van der Waals surface area contributed by atoms with Gasteiger partial charge < -0.3 is 4.74 Å². The molecule has 150 valence electrons. The van der Waals surface area contributed by atoms with Crippen LogP contribution in [0.25, 0.3) is 11.0 Å². The van der Waals surface area contributed by atoms with Crippen molar-refractivity contribution in [3.05, 3.63) is 34.2 Å². The maximum Gasteiger partial charge on any atom is 0.329 e. The number of aromatic nitrogens is 2. The smallest absolute Gasteiger partial charge is 0.329 e. The third-order valence-electron chi connectivity index (χ3n) is 5.95. The first kappa shape index (κ1) is 18.9. The van der Waals surface area contributed by atoms with E-state index >= 15 is 0 Å². The number of carbonyl (C=O) groups is 2. The number of imidazole rings is 1. The minimum absolute atomic E-state index is 0.234. The number of carbonyl (C=O) groups excluding carboxylic acids is 2. The average molecular weight is 386 g/mol. The molecule has 0 aliphatic carbocycles. The number of amides is 2. The van der Waals surface area contributed by atoms with Gasteiger partial charge in [0.05, 0.1) is 17.1 Å². The van der Waals surface area contributed by atoms with E-state index in [0.29, 0.717) is 12.5 Å². The van der Waals surface area contributed by atoms with Gasteiger partial charge in [0, 0.05) is 40.2 Å². The maximum atomic E-state index is 12.8. The Labute approximate surface area is 163 Å². The maximum absolute atomic E-state index is 12.8. The molecule has 3 heterocycles. The highest BCUT2D eigenvalue weighted by atomic mass is 16.5. The number of benzene rings is 1. The number of imide groups is 1. The number of methoxy groups -OCH3 is 1. The van der Waals surface area contributed by atoms with Crippen LogP contribution in [0.5, 0.6) is 0 Å². The molecule has 0 radical (unpaired) electrons. The second-order valence-electron chi connectivity index (χ2n) is 7.71. The van der Waals surface area contributed by atoms with E-state index in [4.69, 9.17) is 4.74 Å². The SMILES string of the molecule is COC1CCN(Cc2ccc3c(c2)n(C)c(=O)n3C2CCC(=O)NC2=O)CC1. The molecular weight excluding hydrogens is 360 g/mol. The lowest BCUT2D eigenvalue weighted by molar-refractivity contribution is -0.135. The van der Waals surface area contributed by atoms with Crippen LogP contribution in [0.4, 0.5) is 0 Å². The summed E-state index contributed by atoms with van der Waals surface area (Å²) < 4.78 is 8.53. The Morgan fingerprint density at radius 3 is 2.54 bits per heavy atom. The number of ether oxygens (including phenoxy) is 1. The fourth-order valence-corrected chi connectivity index (χ4v) is 4.30. The van der Waals surface area contributed by atoms with Crippen molar-refractivity contribution in [2.75, 3.05) is 20.2 Å². The number of rotatable bonds is 4. The average Bonchev–Trinajstić information content (AvgIpc) is 2.93. The summed E-state index contributed by atoms with van der Waals surface area (Å²) in [5, 5.41) is 2.34. The highest BCUT2D eigenvalue weighted by Crippen LogP contribution is 2.24. The Morgan fingerprint density at radius 2 is 1.86 bits per heavy atom. The molecular formula is C20H26N4O4. The standard InChI is InChI=1S/C20H26N4O4/c1-22-17-11-13(12-23-9-7-14(28-2)8-10-23)3-4-15(17)24(20(22)27)16-5-6-18(25)21-19(16)26/h3-4,11,14,16H,5-10,12H2,1-2H3,(H,21,25,26). The Bertz CT molecular complexity index is 968. The van der Waals surface area contributed by atoms with Crippen LogP contribution in [0.2, 0.25) is 0 Å². The summed E-state index contributed by atoms with van der Waals surface area (Å²) in [5.74, 6) is -0.690. The summed E-state index contributed by atoms with van der Waals surface area (Å²) in [6.45, 7) is 2.81.